The van der Waals surface area contributed by atoms with Crippen molar-refractivity contribution >= 4 is 38.3 Å². The minimum atomic E-state index is -2.92. The maximum Gasteiger partial charge on any atom is 0.325 e. The Morgan fingerprint density at radius 2 is 2.00 bits per heavy atom. The summed E-state index contributed by atoms with van der Waals surface area (Å²) >= 11 is 6.10. The molecule has 0 spiro atoms. The largest absolute Gasteiger partial charge is 0.480 e. The zero-order valence-corrected chi connectivity index (χ0v) is 16.3. The quantitative estimate of drug-likeness (QED) is 0.796. The average molecular weight is 412 g/mol. The Morgan fingerprint density at radius 1 is 1.26 bits per heavy atom. The van der Waals surface area contributed by atoms with Crippen LogP contribution >= 0.6 is 11.6 Å². The van der Waals surface area contributed by atoms with Crippen molar-refractivity contribution in [3.05, 3.63) is 35.0 Å². The van der Waals surface area contributed by atoms with Crippen LogP contribution in [0.3, 0.4) is 0 Å². The van der Waals surface area contributed by atoms with Gasteiger partial charge in [0, 0.05) is 59.9 Å². The summed E-state index contributed by atoms with van der Waals surface area (Å²) in [5.41, 5.74) is 1.56. The second kappa shape index (κ2) is 7.09. The summed E-state index contributed by atoms with van der Waals surface area (Å²) in [7, 11) is -2.92. The third-order valence-electron chi connectivity index (χ3n) is 5.64. The van der Waals surface area contributed by atoms with Crippen molar-refractivity contribution < 1.29 is 18.3 Å². The number of hydrogen-bond donors (Lipinski definition) is 2. The highest BCUT2D eigenvalue weighted by atomic mass is 35.5. The predicted molar refractivity (Wildman–Crippen MR) is 104 cm³/mol. The maximum absolute atomic E-state index is 12.1. The number of carbonyl (C=O) groups is 1. The van der Waals surface area contributed by atoms with Crippen molar-refractivity contribution in [1.29, 1.82) is 0 Å². The first-order valence-electron chi connectivity index (χ1n) is 9.02. The molecule has 3 heterocycles. The molecule has 2 aliphatic heterocycles. The number of aromatic nitrogens is 1. The highest BCUT2D eigenvalue weighted by Gasteiger charge is 2.37. The van der Waals surface area contributed by atoms with Gasteiger partial charge in [0.05, 0.1) is 11.5 Å². The van der Waals surface area contributed by atoms with Crippen LogP contribution in [0.4, 0.5) is 0 Å². The van der Waals surface area contributed by atoms with E-state index >= 15 is 0 Å². The maximum atomic E-state index is 12.1. The van der Waals surface area contributed by atoms with E-state index in [9.17, 15) is 18.3 Å². The first kappa shape index (κ1) is 18.7. The number of rotatable bonds is 4. The van der Waals surface area contributed by atoms with Crippen LogP contribution in [0.5, 0.6) is 0 Å². The topological polar surface area (TPSA) is 93.7 Å². The number of aromatic amines is 1. The molecule has 0 bridgehead atoms. The van der Waals surface area contributed by atoms with Gasteiger partial charge in [-0.25, -0.2) is 8.42 Å². The number of H-pyrrole nitrogens is 1. The van der Waals surface area contributed by atoms with E-state index in [0.717, 1.165) is 10.9 Å². The molecule has 146 valence electrons. The minimum Gasteiger partial charge on any atom is -0.480 e. The fourth-order valence-electron chi connectivity index (χ4n) is 4.25. The molecule has 2 N–H and O–H groups in total. The fraction of sp³-hybridized carbons (Fsp3) is 0.500. The Hall–Kier alpha value is -1.61. The number of fused-ring (bicyclic) bond motifs is 1. The lowest BCUT2D eigenvalue weighted by atomic mass is 10.0. The van der Waals surface area contributed by atoms with E-state index in [2.05, 4.69) is 9.88 Å². The van der Waals surface area contributed by atoms with E-state index < -0.39 is 21.8 Å². The highest BCUT2D eigenvalue weighted by Crippen LogP contribution is 2.31. The summed E-state index contributed by atoms with van der Waals surface area (Å²) in [6.07, 6.45) is 2.42. The normalized spacial score (nSPS) is 25.0. The number of aliphatic carboxylic acids is 1. The van der Waals surface area contributed by atoms with Gasteiger partial charge in [-0.1, -0.05) is 11.6 Å². The molecule has 2 atom stereocenters. The number of carboxylic acid groups (broad SMARTS) is 1. The molecule has 0 unspecified atom stereocenters. The van der Waals surface area contributed by atoms with E-state index in [4.69, 9.17) is 11.6 Å². The van der Waals surface area contributed by atoms with Crippen molar-refractivity contribution in [2.24, 2.45) is 0 Å². The van der Waals surface area contributed by atoms with Gasteiger partial charge >= 0.3 is 5.97 Å². The van der Waals surface area contributed by atoms with Crippen molar-refractivity contribution in [2.75, 3.05) is 37.7 Å². The molecule has 4 rings (SSSR count). The highest BCUT2D eigenvalue weighted by molar-refractivity contribution is 7.91. The van der Waals surface area contributed by atoms with Crippen LogP contribution in [0.2, 0.25) is 5.02 Å². The predicted octanol–water partition coefficient (Wildman–Crippen LogP) is 1.75. The van der Waals surface area contributed by atoms with Crippen LogP contribution in [0, 0.1) is 0 Å². The van der Waals surface area contributed by atoms with Gasteiger partial charge in [0.2, 0.25) is 0 Å². The van der Waals surface area contributed by atoms with Gasteiger partial charge in [0.15, 0.2) is 9.84 Å². The Bertz CT molecular complexity index is 966. The van der Waals surface area contributed by atoms with E-state index in [0.29, 0.717) is 43.2 Å². The molecular formula is C18H22ClN3O4S. The number of piperazine rings is 1. The summed E-state index contributed by atoms with van der Waals surface area (Å²) < 4.78 is 23.4. The zero-order valence-electron chi connectivity index (χ0n) is 14.8. The molecule has 2 aromatic rings. The SMILES string of the molecule is O=C(O)[C@@H](c1c[nH]c2ccc(Cl)cc12)N1CCN([C@H]2CCS(=O)(=O)C2)CC1. The standard InChI is InChI=1S/C18H22ClN3O4S/c19-12-1-2-16-14(9-12)15(10-20-16)17(18(23)24)22-6-4-21(5-7-22)13-3-8-27(25,26)11-13/h1-2,9-10,13,17,20H,3-8,11H2,(H,23,24)/t13-,17+/m0/s1. The van der Waals surface area contributed by atoms with E-state index in [1.54, 1.807) is 18.3 Å². The van der Waals surface area contributed by atoms with Crippen LogP contribution in [0.15, 0.2) is 24.4 Å². The van der Waals surface area contributed by atoms with Crippen molar-refractivity contribution in [2.45, 2.75) is 18.5 Å². The first-order valence-corrected chi connectivity index (χ1v) is 11.2. The Labute approximate surface area is 162 Å². The summed E-state index contributed by atoms with van der Waals surface area (Å²) in [5.74, 6) is -0.421. The third-order valence-corrected chi connectivity index (χ3v) is 7.63. The Morgan fingerprint density at radius 3 is 2.63 bits per heavy atom. The van der Waals surface area contributed by atoms with Crippen molar-refractivity contribution in [3.63, 3.8) is 0 Å². The van der Waals surface area contributed by atoms with E-state index in [1.807, 2.05) is 11.0 Å². The number of halogens is 1. The lowest BCUT2D eigenvalue weighted by Gasteiger charge is -2.39. The lowest BCUT2D eigenvalue weighted by molar-refractivity contribution is -0.144. The molecule has 7 nitrogen and oxygen atoms in total. The van der Waals surface area contributed by atoms with Gasteiger partial charge < -0.3 is 10.1 Å². The Balaban J connectivity index is 1.52. The zero-order chi connectivity index (χ0) is 19.2. The van der Waals surface area contributed by atoms with Gasteiger partial charge in [-0.3, -0.25) is 14.6 Å². The molecule has 0 aliphatic carbocycles. The number of nitrogens with one attached hydrogen (secondary N) is 1. The minimum absolute atomic E-state index is 0.0623. The van der Waals surface area contributed by atoms with Crippen molar-refractivity contribution in [1.82, 2.24) is 14.8 Å². The Kier molecular flexibility index (Phi) is 4.92. The second-order valence-corrected chi connectivity index (χ2v) is 9.97. The van der Waals surface area contributed by atoms with Crippen LogP contribution in [-0.4, -0.2) is 78.0 Å². The van der Waals surface area contributed by atoms with Gasteiger partial charge in [0.25, 0.3) is 0 Å². The summed E-state index contributed by atoms with van der Waals surface area (Å²) in [6.45, 7) is 2.52. The van der Waals surface area contributed by atoms with Gasteiger partial charge in [0.1, 0.15) is 6.04 Å². The van der Waals surface area contributed by atoms with Crippen molar-refractivity contribution in [3.8, 4) is 0 Å². The second-order valence-electron chi connectivity index (χ2n) is 7.30. The summed E-state index contributed by atoms with van der Waals surface area (Å²) in [5, 5.41) is 11.3. The molecular weight excluding hydrogens is 390 g/mol. The first-order chi connectivity index (χ1) is 12.8. The lowest BCUT2D eigenvalue weighted by Crippen LogP contribution is -2.52. The number of sulfone groups is 1. The van der Waals surface area contributed by atoms with E-state index in [1.165, 1.54) is 0 Å². The number of hydrogen-bond acceptors (Lipinski definition) is 5. The van der Waals surface area contributed by atoms with Gasteiger partial charge in [-0.2, -0.15) is 0 Å². The molecule has 27 heavy (non-hydrogen) atoms. The number of benzene rings is 1. The molecule has 2 saturated heterocycles. The number of carboxylic acids is 1. The molecule has 0 saturated carbocycles. The average Bonchev–Trinajstić information content (AvgIpc) is 3.19. The number of nitrogens with zero attached hydrogens (tertiary/aromatic N) is 2. The summed E-state index contributed by atoms with van der Waals surface area (Å²) in [6, 6.07) is 4.71. The van der Waals surface area contributed by atoms with E-state index in [-0.39, 0.29) is 17.5 Å². The molecule has 2 fully saturated rings. The molecule has 1 aromatic carbocycles. The van der Waals surface area contributed by atoms with Crippen LogP contribution in [-0.2, 0) is 14.6 Å². The fourth-order valence-corrected chi connectivity index (χ4v) is 6.18. The summed E-state index contributed by atoms with van der Waals surface area (Å²) in [4.78, 5) is 19.3. The molecule has 0 radical (unpaired) electrons. The van der Waals surface area contributed by atoms with Crippen LogP contribution in [0.1, 0.15) is 18.0 Å². The molecule has 9 heteroatoms. The monoisotopic (exact) mass is 411 g/mol. The molecule has 1 aromatic heterocycles. The third kappa shape index (κ3) is 3.71. The van der Waals surface area contributed by atoms with Gasteiger partial charge in [-0.05, 0) is 24.6 Å². The molecule has 0 amide bonds. The van der Waals surface area contributed by atoms with Crippen LogP contribution in [0.25, 0.3) is 10.9 Å². The molecule has 2 aliphatic rings. The smallest absolute Gasteiger partial charge is 0.325 e. The van der Waals surface area contributed by atoms with Gasteiger partial charge in [-0.15, -0.1) is 0 Å². The van der Waals surface area contributed by atoms with Crippen LogP contribution < -0.4 is 0 Å².